The highest BCUT2D eigenvalue weighted by Gasteiger charge is 2.29. The normalized spacial score (nSPS) is 18.0. The SMILES string of the molecule is CCCN1CCNCC1C(=O)OCc1ccc(-c2ccccc2)cc1. The van der Waals surface area contributed by atoms with Gasteiger partial charge in [-0.1, -0.05) is 61.5 Å². The fraction of sp³-hybridized carbons (Fsp3) is 0.381. The van der Waals surface area contributed by atoms with Gasteiger partial charge in [0.05, 0.1) is 0 Å². The molecule has 0 saturated carbocycles. The van der Waals surface area contributed by atoms with Gasteiger partial charge in [-0.3, -0.25) is 9.69 Å². The molecule has 1 aliphatic heterocycles. The third-order valence-electron chi connectivity index (χ3n) is 4.58. The lowest BCUT2D eigenvalue weighted by Crippen LogP contribution is -2.55. The molecule has 0 aromatic heterocycles. The Hall–Kier alpha value is -2.17. The van der Waals surface area contributed by atoms with Crippen LogP contribution in [0.3, 0.4) is 0 Å². The van der Waals surface area contributed by atoms with Crippen molar-refractivity contribution in [1.82, 2.24) is 10.2 Å². The van der Waals surface area contributed by atoms with E-state index in [1.165, 1.54) is 11.1 Å². The van der Waals surface area contributed by atoms with Gasteiger partial charge < -0.3 is 10.1 Å². The molecule has 0 bridgehead atoms. The van der Waals surface area contributed by atoms with Crippen molar-refractivity contribution in [2.45, 2.75) is 26.0 Å². The summed E-state index contributed by atoms with van der Waals surface area (Å²) in [5, 5.41) is 3.29. The third kappa shape index (κ3) is 4.68. The van der Waals surface area contributed by atoms with Gasteiger partial charge in [0.1, 0.15) is 12.6 Å². The van der Waals surface area contributed by atoms with E-state index in [1.54, 1.807) is 0 Å². The molecule has 0 aliphatic carbocycles. The number of nitrogens with one attached hydrogen (secondary N) is 1. The zero-order valence-corrected chi connectivity index (χ0v) is 14.8. The standard InChI is InChI=1S/C21H26N2O2/c1-2-13-23-14-12-22-15-20(23)21(24)25-16-17-8-10-19(11-9-17)18-6-4-3-5-7-18/h3-11,20,22H,2,12-16H2,1H3. The predicted octanol–water partition coefficient (Wildman–Crippen LogP) is 3.08. The molecule has 1 unspecified atom stereocenters. The first-order valence-electron chi connectivity index (χ1n) is 9.03. The largest absolute Gasteiger partial charge is 0.460 e. The lowest BCUT2D eigenvalue weighted by Gasteiger charge is -2.34. The number of piperazine rings is 1. The average Bonchev–Trinajstić information content (AvgIpc) is 2.68. The van der Waals surface area contributed by atoms with Gasteiger partial charge in [-0.15, -0.1) is 0 Å². The second kappa shape index (κ2) is 8.79. The summed E-state index contributed by atoms with van der Waals surface area (Å²) >= 11 is 0. The van der Waals surface area contributed by atoms with Gasteiger partial charge >= 0.3 is 5.97 Å². The molecule has 0 radical (unpaired) electrons. The minimum Gasteiger partial charge on any atom is -0.460 e. The number of rotatable bonds is 6. The third-order valence-corrected chi connectivity index (χ3v) is 4.58. The number of ether oxygens (including phenoxy) is 1. The van der Waals surface area contributed by atoms with Crippen molar-refractivity contribution < 1.29 is 9.53 Å². The van der Waals surface area contributed by atoms with Crippen LogP contribution in [-0.2, 0) is 16.1 Å². The molecule has 4 heteroatoms. The van der Waals surface area contributed by atoms with Crippen molar-refractivity contribution in [3.05, 3.63) is 60.2 Å². The molecule has 1 atom stereocenters. The van der Waals surface area contributed by atoms with Crippen molar-refractivity contribution in [3.63, 3.8) is 0 Å². The van der Waals surface area contributed by atoms with E-state index in [0.717, 1.165) is 31.6 Å². The molecule has 2 aromatic carbocycles. The predicted molar refractivity (Wildman–Crippen MR) is 100 cm³/mol. The Morgan fingerprint density at radius 2 is 1.84 bits per heavy atom. The van der Waals surface area contributed by atoms with Gasteiger partial charge in [-0.2, -0.15) is 0 Å². The van der Waals surface area contributed by atoms with Crippen LogP contribution in [0.1, 0.15) is 18.9 Å². The molecule has 0 spiro atoms. The van der Waals surface area contributed by atoms with Crippen LogP contribution in [0.2, 0.25) is 0 Å². The smallest absolute Gasteiger partial charge is 0.325 e. The molecule has 132 valence electrons. The average molecular weight is 338 g/mol. The van der Waals surface area contributed by atoms with Crippen molar-refractivity contribution >= 4 is 5.97 Å². The summed E-state index contributed by atoms with van der Waals surface area (Å²) in [6.07, 6.45) is 1.05. The summed E-state index contributed by atoms with van der Waals surface area (Å²) in [5.74, 6) is -0.132. The Morgan fingerprint density at radius 3 is 2.56 bits per heavy atom. The summed E-state index contributed by atoms with van der Waals surface area (Å²) in [4.78, 5) is 14.7. The van der Waals surface area contributed by atoms with E-state index in [4.69, 9.17) is 4.74 Å². The highest BCUT2D eigenvalue weighted by atomic mass is 16.5. The topological polar surface area (TPSA) is 41.6 Å². The highest BCUT2D eigenvalue weighted by molar-refractivity contribution is 5.76. The van der Waals surface area contributed by atoms with Gasteiger partial charge in [0.15, 0.2) is 0 Å². The number of hydrogen-bond acceptors (Lipinski definition) is 4. The molecule has 1 N–H and O–H groups in total. The maximum absolute atomic E-state index is 12.4. The number of nitrogens with zero attached hydrogens (tertiary/aromatic N) is 1. The Balaban J connectivity index is 1.56. The molecule has 4 nitrogen and oxygen atoms in total. The number of hydrogen-bond donors (Lipinski definition) is 1. The summed E-state index contributed by atoms with van der Waals surface area (Å²) in [5.41, 5.74) is 3.37. The fourth-order valence-electron chi connectivity index (χ4n) is 3.21. The Morgan fingerprint density at radius 1 is 1.12 bits per heavy atom. The maximum atomic E-state index is 12.4. The molecule has 0 amide bonds. The summed E-state index contributed by atoms with van der Waals surface area (Å²) in [7, 11) is 0. The van der Waals surface area contributed by atoms with Crippen molar-refractivity contribution in [1.29, 1.82) is 0 Å². The second-order valence-electron chi connectivity index (χ2n) is 6.43. The maximum Gasteiger partial charge on any atom is 0.325 e. The number of carbonyl (C=O) groups is 1. The van der Waals surface area contributed by atoms with E-state index in [1.807, 2.05) is 30.3 Å². The Kier molecular flexibility index (Phi) is 6.20. The molecular weight excluding hydrogens is 312 g/mol. The zero-order chi connectivity index (χ0) is 17.5. The van der Waals surface area contributed by atoms with Gasteiger partial charge in [0.2, 0.25) is 0 Å². The number of carbonyl (C=O) groups excluding carboxylic acids is 1. The van der Waals surface area contributed by atoms with Crippen LogP contribution in [0.4, 0.5) is 0 Å². The van der Waals surface area contributed by atoms with E-state index < -0.39 is 0 Å². The Labute approximate surface area is 149 Å². The lowest BCUT2D eigenvalue weighted by molar-refractivity contribution is -0.152. The minimum atomic E-state index is -0.169. The van der Waals surface area contributed by atoms with Gasteiger partial charge in [-0.05, 0) is 29.7 Å². The number of benzene rings is 2. The van der Waals surface area contributed by atoms with E-state index in [0.29, 0.717) is 13.2 Å². The van der Waals surface area contributed by atoms with Crippen molar-refractivity contribution in [2.24, 2.45) is 0 Å². The van der Waals surface area contributed by atoms with E-state index in [2.05, 4.69) is 41.4 Å². The first-order chi connectivity index (χ1) is 12.3. The number of esters is 1. The van der Waals surface area contributed by atoms with Gasteiger partial charge in [0, 0.05) is 19.6 Å². The molecule has 2 aromatic rings. The van der Waals surface area contributed by atoms with Crippen molar-refractivity contribution in [2.75, 3.05) is 26.2 Å². The molecule has 1 saturated heterocycles. The van der Waals surface area contributed by atoms with E-state index in [9.17, 15) is 4.79 Å². The fourth-order valence-corrected chi connectivity index (χ4v) is 3.21. The minimum absolute atomic E-state index is 0.132. The second-order valence-corrected chi connectivity index (χ2v) is 6.43. The molecule has 1 fully saturated rings. The van der Waals surface area contributed by atoms with Crippen LogP contribution in [0.5, 0.6) is 0 Å². The molecule has 25 heavy (non-hydrogen) atoms. The van der Waals surface area contributed by atoms with Crippen LogP contribution in [0.15, 0.2) is 54.6 Å². The summed E-state index contributed by atoms with van der Waals surface area (Å²) < 4.78 is 5.57. The van der Waals surface area contributed by atoms with Crippen LogP contribution >= 0.6 is 0 Å². The first-order valence-corrected chi connectivity index (χ1v) is 9.03. The molecule has 1 aliphatic rings. The van der Waals surface area contributed by atoms with E-state index >= 15 is 0 Å². The molecular formula is C21H26N2O2. The monoisotopic (exact) mass is 338 g/mol. The molecule has 1 heterocycles. The quantitative estimate of drug-likeness (QED) is 0.822. The van der Waals surface area contributed by atoms with E-state index in [-0.39, 0.29) is 12.0 Å². The van der Waals surface area contributed by atoms with Crippen LogP contribution < -0.4 is 5.32 Å². The lowest BCUT2D eigenvalue weighted by atomic mass is 10.0. The van der Waals surface area contributed by atoms with Gasteiger partial charge in [0.25, 0.3) is 0 Å². The van der Waals surface area contributed by atoms with Crippen molar-refractivity contribution in [3.8, 4) is 11.1 Å². The Bertz CT molecular complexity index is 668. The first kappa shape index (κ1) is 17.6. The van der Waals surface area contributed by atoms with Crippen LogP contribution in [-0.4, -0.2) is 43.1 Å². The van der Waals surface area contributed by atoms with Crippen LogP contribution in [0, 0.1) is 0 Å². The van der Waals surface area contributed by atoms with Gasteiger partial charge in [-0.25, -0.2) is 0 Å². The summed E-state index contributed by atoms with van der Waals surface area (Å²) in [6, 6.07) is 18.3. The van der Waals surface area contributed by atoms with Crippen LogP contribution in [0.25, 0.3) is 11.1 Å². The zero-order valence-electron chi connectivity index (χ0n) is 14.8. The molecule has 3 rings (SSSR count). The summed E-state index contributed by atoms with van der Waals surface area (Å²) in [6.45, 7) is 5.91. The highest BCUT2D eigenvalue weighted by Crippen LogP contribution is 2.19.